The molecule has 0 spiro atoms. The van der Waals surface area contributed by atoms with Gasteiger partial charge in [0.2, 0.25) is 0 Å². The Balaban J connectivity index is 0.000000206. The molecule has 1 aliphatic heterocycles. The molecule has 2 aromatic carbocycles. The van der Waals surface area contributed by atoms with Crippen LogP contribution in [-0.2, 0) is 9.47 Å². The van der Waals surface area contributed by atoms with Crippen molar-refractivity contribution in [3.8, 4) is 0 Å². The molecular formula is C20H19NO6. The van der Waals surface area contributed by atoms with Crippen LogP contribution in [0.25, 0.3) is 0 Å². The van der Waals surface area contributed by atoms with E-state index in [2.05, 4.69) is 5.32 Å². The first-order chi connectivity index (χ1) is 13.0. The van der Waals surface area contributed by atoms with Gasteiger partial charge >= 0.3 is 11.9 Å². The number of amides is 2. The van der Waals surface area contributed by atoms with E-state index in [1.165, 1.54) is 0 Å². The molecule has 27 heavy (non-hydrogen) atoms. The molecule has 7 nitrogen and oxygen atoms in total. The van der Waals surface area contributed by atoms with Crippen LogP contribution in [0.4, 0.5) is 0 Å². The van der Waals surface area contributed by atoms with E-state index in [-0.39, 0.29) is 36.2 Å². The quantitative estimate of drug-likeness (QED) is 0.657. The number of fused-ring (bicyclic) bond motifs is 1. The lowest BCUT2D eigenvalue weighted by Gasteiger charge is -2.07. The highest BCUT2D eigenvalue weighted by molar-refractivity contribution is 6.21. The number of carbonyl (C=O) groups is 4. The fraction of sp³-hybridized carbons (Fsp3) is 0.200. The van der Waals surface area contributed by atoms with Crippen LogP contribution >= 0.6 is 0 Å². The van der Waals surface area contributed by atoms with Crippen LogP contribution in [0, 0.1) is 0 Å². The van der Waals surface area contributed by atoms with Crippen molar-refractivity contribution in [3.63, 3.8) is 0 Å². The van der Waals surface area contributed by atoms with Gasteiger partial charge in [-0.2, -0.15) is 0 Å². The summed E-state index contributed by atoms with van der Waals surface area (Å²) >= 11 is 0. The van der Waals surface area contributed by atoms with Crippen molar-refractivity contribution in [1.82, 2.24) is 5.32 Å². The number of nitrogens with one attached hydrogen (secondary N) is 1. The third-order valence-corrected chi connectivity index (χ3v) is 3.56. The lowest BCUT2D eigenvalue weighted by molar-refractivity contribution is 0.0479. The van der Waals surface area contributed by atoms with Crippen molar-refractivity contribution in [2.45, 2.75) is 13.8 Å². The average molecular weight is 369 g/mol. The maximum Gasteiger partial charge on any atom is 0.338 e. The second-order valence-electron chi connectivity index (χ2n) is 5.32. The minimum Gasteiger partial charge on any atom is -0.462 e. The number of hydrogen-bond donors (Lipinski definition) is 1. The van der Waals surface area contributed by atoms with Gasteiger partial charge in [-0.3, -0.25) is 14.9 Å². The Morgan fingerprint density at radius 2 is 1.11 bits per heavy atom. The molecule has 7 heteroatoms. The Kier molecular flexibility index (Phi) is 6.82. The molecule has 0 unspecified atom stereocenters. The Labute approximate surface area is 156 Å². The van der Waals surface area contributed by atoms with Crippen LogP contribution in [0.3, 0.4) is 0 Å². The first kappa shape index (κ1) is 19.8. The zero-order chi connectivity index (χ0) is 19.8. The van der Waals surface area contributed by atoms with E-state index in [0.717, 1.165) is 0 Å². The Bertz CT molecular complexity index is 804. The lowest BCUT2D eigenvalue weighted by Crippen LogP contribution is -2.19. The molecule has 0 bridgehead atoms. The van der Waals surface area contributed by atoms with Gasteiger partial charge in [-0.15, -0.1) is 0 Å². The Hall–Kier alpha value is -3.48. The molecule has 1 aliphatic rings. The highest BCUT2D eigenvalue weighted by Crippen LogP contribution is 2.14. The van der Waals surface area contributed by atoms with Crippen LogP contribution in [-0.4, -0.2) is 37.0 Å². The molecule has 0 saturated carbocycles. The summed E-state index contributed by atoms with van der Waals surface area (Å²) in [6.07, 6.45) is 0. The fourth-order valence-electron chi connectivity index (χ4n) is 2.37. The molecule has 3 rings (SSSR count). The Morgan fingerprint density at radius 3 is 1.48 bits per heavy atom. The van der Waals surface area contributed by atoms with Gasteiger partial charge in [0, 0.05) is 0 Å². The van der Waals surface area contributed by atoms with E-state index in [9.17, 15) is 19.2 Å². The first-order valence-corrected chi connectivity index (χ1v) is 8.37. The SMILES string of the molecule is CCOC(=O)c1ccccc1C(=O)OCC.O=C1NC(=O)c2ccccc21. The molecule has 0 fully saturated rings. The van der Waals surface area contributed by atoms with Crippen molar-refractivity contribution < 1.29 is 28.7 Å². The highest BCUT2D eigenvalue weighted by atomic mass is 16.5. The predicted octanol–water partition coefficient (Wildman–Crippen LogP) is 2.61. The number of ether oxygens (including phenoxy) is 2. The fourth-order valence-corrected chi connectivity index (χ4v) is 2.37. The highest BCUT2D eigenvalue weighted by Gasteiger charge is 2.25. The summed E-state index contributed by atoms with van der Waals surface area (Å²) in [5, 5.41) is 2.20. The zero-order valence-electron chi connectivity index (χ0n) is 15.0. The second-order valence-corrected chi connectivity index (χ2v) is 5.32. The van der Waals surface area contributed by atoms with E-state index in [1.807, 2.05) is 0 Å². The molecule has 140 valence electrons. The summed E-state index contributed by atoms with van der Waals surface area (Å²) in [7, 11) is 0. The normalized spacial score (nSPS) is 11.6. The summed E-state index contributed by atoms with van der Waals surface area (Å²) in [5.74, 6) is -1.62. The van der Waals surface area contributed by atoms with Crippen molar-refractivity contribution >= 4 is 23.8 Å². The second kappa shape index (κ2) is 9.28. The molecular weight excluding hydrogens is 350 g/mol. The van der Waals surface area contributed by atoms with Crippen molar-refractivity contribution in [1.29, 1.82) is 0 Å². The van der Waals surface area contributed by atoms with E-state index in [1.54, 1.807) is 62.4 Å². The molecule has 0 atom stereocenters. The third-order valence-electron chi connectivity index (χ3n) is 3.56. The largest absolute Gasteiger partial charge is 0.462 e. The van der Waals surface area contributed by atoms with Crippen molar-refractivity contribution in [2.75, 3.05) is 13.2 Å². The van der Waals surface area contributed by atoms with E-state index >= 15 is 0 Å². The number of esters is 2. The molecule has 0 aromatic heterocycles. The Morgan fingerprint density at radius 1 is 0.741 bits per heavy atom. The molecule has 0 aliphatic carbocycles. The van der Waals surface area contributed by atoms with Crippen LogP contribution in [0.2, 0.25) is 0 Å². The monoisotopic (exact) mass is 369 g/mol. The number of hydrogen-bond acceptors (Lipinski definition) is 6. The smallest absolute Gasteiger partial charge is 0.338 e. The molecule has 2 amide bonds. The summed E-state index contributed by atoms with van der Waals surface area (Å²) < 4.78 is 9.70. The van der Waals surface area contributed by atoms with Gasteiger partial charge in [-0.1, -0.05) is 24.3 Å². The van der Waals surface area contributed by atoms with Gasteiger partial charge in [0.1, 0.15) is 0 Å². The standard InChI is InChI=1S/C12H14O4.C8H5NO2/c1-3-15-11(13)9-7-5-6-8-10(9)12(14)16-4-2;10-7-5-3-1-2-4-6(5)8(11)9-7/h5-8H,3-4H2,1-2H3;1-4H,(H,9,10,11). The minimum absolute atomic E-state index is 0.239. The van der Waals surface area contributed by atoms with Crippen molar-refractivity contribution in [2.24, 2.45) is 0 Å². The molecule has 1 N–H and O–H groups in total. The maximum atomic E-state index is 11.5. The van der Waals surface area contributed by atoms with Gasteiger partial charge in [0.05, 0.1) is 35.5 Å². The van der Waals surface area contributed by atoms with E-state index in [0.29, 0.717) is 11.1 Å². The van der Waals surface area contributed by atoms with Crippen molar-refractivity contribution in [3.05, 3.63) is 70.8 Å². The van der Waals surface area contributed by atoms with E-state index < -0.39 is 11.9 Å². The van der Waals surface area contributed by atoms with Gasteiger partial charge in [-0.05, 0) is 38.1 Å². The number of benzene rings is 2. The predicted molar refractivity (Wildman–Crippen MR) is 96.6 cm³/mol. The summed E-state index contributed by atoms with van der Waals surface area (Å²) in [4.78, 5) is 45.0. The summed E-state index contributed by atoms with van der Waals surface area (Å²) in [5.41, 5.74) is 1.42. The third kappa shape index (κ3) is 4.78. The zero-order valence-corrected chi connectivity index (χ0v) is 15.0. The van der Waals surface area contributed by atoms with Gasteiger partial charge < -0.3 is 9.47 Å². The average Bonchev–Trinajstić information content (AvgIpc) is 2.97. The molecule has 1 heterocycles. The van der Waals surface area contributed by atoms with Gasteiger partial charge in [0.15, 0.2) is 0 Å². The maximum absolute atomic E-state index is 11.5. The van der Waals surface area contributed by atoms with Crippen LogP contribution in [0.5, 0.6) is 0 Å². The number of carbonyl (C=O) groups excluding carboxylic acids is 4. The van der Waals surface area contributed by atoms with Crippen LogP contribution < -0.4 is 5.32 Å². The van der Waals surface area contributed by atoms with E-state index in [4.69, 9.17) is 9.47 Å². The topological polar surface area (TPSA) is 98.8 Å². The molecule has 0 radical (unpaired) electrons. The van der Waals surface area contributed by atoms with Gasteiger partial charge in [-0.25, -0.2) is 9.59 Å². The minimum atomic E-state index is -0.508. The van der Waals surface area contributed by atoms with Crippen LogP contribution in [0.15, 0.2) is 48.5 Å². The first-order valence-electron chi connectivity index (χ1n) is 8.37. The number of rotatable bonds is 4. The summed E-state index contributed by atoms with van der Waals surface area (Å²) in [6.45, 7) is 3.97. The molecule has 2 aromatic rings. The molecule has 0 saturated heterocycles. The lowest BCUT2D eigenvalue weighted by atomic mass is 10.1. The van der Waals surface area contributed by atoms with Crippen LogP contribution in [0.1, 0.15) is 55.3 Å². The number of imide groups is 1. The van der Waals surface area contributed by atoms with Gasteiger partial charge in [0.25, 0.3) is 11.8 Å². The summed E-state index contributed by atoms with van der Waals surface area (Å²) in [6, 6.07) is 13.2.